The van der Waals surface area contributed by atoms with Gasteiger partial charge in [-0.15, -0.1) is 0 Å². The summed E-state index contributed by atoms with van der Waals surface area (Å²) in [5.41, 5.74) is 1.38. The maximum Gasteiger partial charge on any atom is 0.0208 e. The summed E-state index contributed by atoms with van der Waals surface area (Å²) in [6.07, 6.45) is 12.8. The van der Waals surface area contributed by atoms with Gasteiger partial charge >= 0.3 is 0 Å². The minimum Gasteiger partial charge on any atom is -0.309 e. The normalized spacial score (nSPS) is 23.3. The highest BCUT2D eigenvalue weighted by molar-refractivity contribution is 5.14. The van der Waals surface area contributed by atoms with Crippen molar-refractivity contribution in [3.05, 3.63) is 48.0 Å². The molecule has 0 bridgehead atoms. The van der Waals surface area contributed by atoms with E-state index < -0.39 is 0 Å². The third-order valence-electron chi connectivity index (χ3n) is 4.16. The van der Waals surface area contributed by atoms with E-state index in [2.05, 4.69) is 54.7 Å². The Morgan fingerprint density at radius 3 is 2.79 bits per heavy atom. The Morgan fingerprint density at radius 1 is 1.16 bits per heavy atom. The van der Waals surface area contributed by atoms with Crippen LogP contribution in [0.5, 0.6) is 0 Å². The van der Waals surface area contributed by atoms with Crippen LogP contribution in [0.2, 0.25) is 0 Å². The number of hydrogen-bond donors (Lipinski definition) is 1. The number of rotatable bonds is 5. The minimum atomic E-state index is 0.620. The van der Waals surface area contributed by atoms with E-state index in [1.165, 1.54) is 44.1 Å². The summed E-state index contributed by atoms with van der Waals surface area (Å²) < 4.78 is 0. The lowest BCUT2D eigenvalue weighted by Crippen LogP contribution is -2.34. The first-order valence-electron chi connectivity index (χ1n) is 7.84. The van der Waals surface area contributed by atoms with Crippen molar-refractivity contribution in [1.82, 2.24) is 5.32 Å². The first-order valence-corrected chi connectivity index (χ1v) is 7.84. The molecule has 0 amide bonds. The molecule has 1 aromatic rings. The monoisotopic (exact) mass is 257 g/mol. The Hall–Kier alpha value is -1.08. The third kappa shape index (κ3) is 4.83. The van der Waals surface area contributed by atoms with Gasteiger partial charge in [0.15, 0.2) is 0 Å². The average Bonchev–Trinajstić information content (AvgIpc) is 2.42. The topological polar surface area (TPSA) is 12.0 Å². The SMILES string of the molecule is CC[C@@H](NCc1ccccc1)[C@@H]1/C=C\CCCCC1. The third-order valence-corrected chi connectivity index (χ3v) is 4.16. The predicted molar refractivity (Wildman–Crippen MR) is 83.1 cm³/mol. The zero-order valence-corrected chi connectivity index (χ0v) is 12.1. The van der Waals surface area contributed by atoms with Gasteiger partial charge in [0.1, 0.15) is 0 Å². The molecule has 1 N–H and O–H groups in total. The summed E-state index contributed by atoms with van der Waals surface area (Å²) in [5.74, 6) is 0.717. The molecule has 2 atom stereocenters. The van der Waals surface area contributed by atoms with Gasteiger partial charge < -0.3 is 5.32 Å². The van der Waals surface area contributed by atoms with Gasteiger partial charge in [0.05, 0.1) is 0 Å². The van der Waals surface area contributed by atoms with Crippen LogP contribution in [0.4, 0.5) is 0 Å². The van der Waals surface area contributed by atoms with E-state index in [4.69, 9.17) is 0 Å². The summed E-state index contributed by atoms with van der Waals surface area (Å²) in [4.78, 5) is 0. The first-order chi connectivity index (χ1) is 9.40. The molecular weight excluding hydrogens is 230 g/mol. The molecule has 0 fully saturated rings. The van der Waals surface area contributed by atoms with Gasteiger partial charge in [0, 0.05) is 12.6 Å². The Kier molecular flexibility index (Phi) is 6.16. The van der Waals surface area contributed by atoms with E-state index >= 15 is 0 Å². The number of benzene rings is 1. The molecule has 0 aromatic heterocycles. The van der Waals surface area contributed by atoms with Crippen LogP contribution in [0.15, 0.2) is 42.5 Å². The van der Waals surface area contributed by atoms with Crippen LogP contribution >= 0.6 is 0 Å². The van der Waals surface area contributed by atoms with Crippen molar-refractivity contribution in [3.8, 4) is 0 Å². The zero-order valence-electron chi connectivity index (χ0n) is 12.1. The maximum absolute atomic E-state index is 3.75. The Morgan fingerprint density at radius 2 is 2.00 bits per heavy atom. The summed E-state index contributed by atoms with van der Waals surface area (Å²) in [6, 6.07) is 11.3. The highest BCUT2D eigenvalue weighted by atomic mass is 14.9. The molecule has 0 saturated heterocycles. The van der Waals surface area contributed by atoms with Crippen molar-refractivity contribution in [3.63, 3.8) is 0 Å². The fourth-order valence-corrected chi connectivity index (χ4v) is 2.96. The van der Waals surface area contributed by atoms with Crippen LogP contribution in [-0.2, 0) is 6.54 Å². The van der Waals surface area contributed by atoms with Gasteiger partial charge in [-0.25, -0.2) is 0 Å². The van der Waals surface area contributed by atoms with E-state index in [-0.39, 0.29) is 0 Å². The van der Waals surface area contributed by atoms with Gasteiger partial charge in [-0.05, 0) is 37.2 Å². The number of allylic oxidation sites excluding steroid dienone is 1. The van der Waals surface area contributed by atoms with Crippen LogP contribution in [0.3, 0.4) is 0 Å². The zero-order chi connectivity index (χ0) is 13.3. The average molecular weight is 257 g/mol. The van der Waals surface area contributed by atoms with Gasteiger partial charge in [-0.3, -0.25) is 0 Å². The first kappa shape index (κ1) is 14.3. The van der Waals surface area contributed by atoms with Crippen molar-refractivity contribution in [2.45, 2.75) is 58.0 Å². The Balaban J connectivity index is 1.89. The fraction of sp³-hybridized carbons (Fsp3) is 0.556. The lowest BCUT2D eigenvalue weighted by molar-refractivity contribution is 0.362. The molecule has 0 heterocycles. The van der Waals surface area contributed by atoms with E-state index in [1.54, 1.807) is 0 Å². The van der Waals surface area contributed by atoms with Crippen molar-refractivity contribution in [1.29, 1.82) is 0 Å². The Bertz CT molecular complexity index is 369. The molecule has 1 nitrogen and oxygen atoms in total. The molecule has 0 saturated carbocycles. The van der Waals surface area contributed by atoms with E-state index in [1.807, 2.05) is 0 Å². The summed E-state index contributed by atoms with van der Waals surface area (Å²) in [5, 5.41) is 3.75. The molecule has 0 aliphatic heterocycles. The van der Waals surface area contributed by atoms with Crippen LogP contribution in [0.25, 0.3) is 0 Å². The van der Waals surface area contributed by atoms with E-state index in [0.717, 1.165) is 6.54 Å². The predicted octanol–water partition coefficient (Wildman–Crippen LogP) is 4.69. The van der Waals surface area contributed by atoms with Crippen LogP contribution in [0, 0.1) is 5.92 Å². The smallest absolute Gasteiger partial charge is 0.0208 e. The summed E-state index contributed by atoms with van der Waals surface area (Å²) >= 11 is 0. The standard InChI is InChI=1S/C18H27N/c1-2-18(17-13-9-4-3-5-10-14-17)19-15-16-11-7-6-8-12-16/h6-9,11-13,17-19H,2-5,10,14-15H2,1H3/b13-9-/t17-,18-/m1/s1. The molecule has 0 spiro atoms. The van der Waals surface area contributed by atoms with Gasteiger partial charge in [-0.2, -0.15) is 0 Å². The maximum atomic E-state index is 3.75. The minimum absolute atomic E-state index is 0.620. The summed E-state index contributed by atoms with van der Waals surface area (Å²) in [7, 11) is 0. The molecule has 2 rings (SSSR count). The van der Waals surface area contributed by atoms with Crippen molar-refractivity contribution in [2.75, 3.05) is 0 Å². The quantitative estimate of drug-likeness (QED) is 0.754. The lowest BCUT2D eigenvalue weighted by Gasteiger charge is -2.26. The van der Waals surface area contributed by atoms with E-state index in [0.29, 0.717) is 12.0 Å². The molecular formula is C18H27N. The second-order valence-electron chi connectivity index (χ2n) is 5.61. The van der Waals surface area contributed by atoms with Crippen LogP contribution in [0.1, 0.15) is 51.0 Å². The van der Waals surface area contributed by atoms with Gasteiger partial charge in [-0.1, -0.05) is 62.2 Å². The summed E-state index contributed by atoms with van der Waals surface area (Å²) in [6.45, 7) is 3.29. The molecule has 1 aliphatic carbocycles. The molecule has 1 aromatic carbocycles. The highest BCUT2D eigenvalue weighted by Crippen LogP contribution is 2.21. The van der Waals surface area contributed by atoms with Crippen LogP contribution < -0.4 is 5.32 Å². The van der Waals surface area contributed by atoms with Gasteiger partial charge in [0.25, 0.3) is 0 Å². The largest absolute Gasteiger partial charge is 0.309 e. The second kappa shape index (κ2) is 8.16. The molecule has 104 valence electrons. The molecule has 0 unspecified atom stereocenters. The Labute approximate surface area is 118 Å². The molecule has 19 heavy (non-hydrogen) atoms. The lowest BCUT2D eigenvalue weighted by atomic mass is 9.89. The van der Waals surface area contributed by atoms with Crippen molar-refractivity contribution >= 4 is 0 Å². The number of nitrogens with one attached hydrogen (secondary N) is 1. The van der Waals surface area contributed by atoms with Crippen molar-refractivity contribution in [2.24, 2.45) is 5.92 Å². The van der Waals surface area contributed by atoms with E-state index in [9.17, 15) is 0 Å². The molecule has 1 aliphatic rings. The highest BCUT2D eigenvalue weighted by Gasteiger charge is 2.17. The van der Waals surface area contributed by atoms with Crippen molar-refractivity contribution < 1.29 is 0 Å². The molecule has 1 heteroatoms. The second-order valence-corrected chi connectivity index (χ2v) is 5.61. The van der Waals surface area contributed by atoms with Crippen LogP contribution in [-0.4, -0.2) is 6.04 Å². The number of hydrogen-bond acceptors (Lipinski definition) is 1. The molecule has 0 radical (unpaired) electrons. The fourth-order valence-electron chi connectivity index (χ4n) is 2.96. The van der Waals surface area contributed by atoms with Gasteiger partial charge in [0.2, 0.25) is 0 Å².